The number of halogens is 3. The van der Waals surface area contributed by atoms with Crippen molar-refractivity contribution in [1.29, 1.82) is 0 Å². The first-order valence-corrected chi connectivity index (χ1v) is 21.8. The lowest BCUT2D eigenvalue weighted by atomic mass is 10.1. The number of anilines is 3. The molecular weight excluding hydrogens is 1020 g/mol. The molecule has 21 heteroatoms. The van der Waals surface area contributed by atoms with E-state index in [0.717, 1.165) is 55.4 Å². The molecule has 0 spiro atoms. The summed E-state index contributed by atoms with van der Waals surface area (Å²) in [6.07, 6.45) is 13.9. The molecule has 8 rings (SSSR count). The first kappa shape index (κ1) is 46.6. The van der Waals surface area contributed by atoms with Crippen molar-refractivity contribution >= 4 is 95.3 Å². The lowest BCUT2D eigenvalue weighted by Crippen LogP contribution is -2.42. The zero-order valence-electron chi connectivity index (χ0n) is 33.8. The fourth-order valence-corrected chi connectivity index (χ4v) is 7.64. The van der Waals surface area contributed by atoms with Gasteiger partial charge in [0.15, 0.2) is 11.3 Å². The predicted octanol–water partition coefficient (Wildman–Crippen LogP) is 8.77. The van der Waals surface area contributed by atoms with E-state index in [1.54, 1.807) is 31.2 Å². The number of likely N-dealkylation sites (tertiary alicyclic amines) is 2. The topological polar surface area (TPSA) is 193 Å². The number of ether oxygens (including phenoxy) is 2. The molecule has 6 aromatic heterocycles. The minimum Gasteiger partial charge on any atom is -0.444 e. The second kappa shape index (κ2) is 19.9. The Labute approximate surface area is 379 Å². The Morgan fingerprint density at radius 2 is 1.22 bits per heavy atom. The Bertz CT molecular complexity index is 2350. The smallest absolute Gasteiger partial charge is 0.410 e. The van der Waals surface area contributed by atoms with Crippen molar-refractivity contribution in [2.24, 2.45) is 0 Å². The standard InChI is InChI=1S/C19H24BrN7O2.C13H22N4O2.C6H3BrIN3.CH4/c1-19(2,3)29-18(28)25-9-6-14(7-10-25)27-12-13(11-21-27)22-17-23-16-15(20)5-4-8-26(16)24-17;1-13(2,3)19-12(18)16-6-4-11(5-7-16)17-9-10(14)8-15-17;7-4-2-1-3-11-5(4)9-6(8)10-11;/h4-5,8,11-12,14H,6-7,9-10H2,1-3H3,(H,22,24);8-9,11H,4-7,14H2,1-3H3;1-3H;1H4. The van der Waals surface area contributed by atoms with Crippen LogP contribution in [0.5, 0.6) is 0 Å². The van der Waals surface area contributed by atoms with Crippen molar-refractivity contribution in [1.82, 2.24) is 58.6 Å². The number of carbonyl (C=O) groups excluding carboxylic acids is 2. The molecule has 60 heavy (non-hydrogen) atoms. The van der Waals surface area contributed by atoms with Crippen LogP contribution in [0.4, 0.5) is 26.9 Å². The third-order valence-corrected chi connectivity index (χ3v) is 10.8. The van der Waals surface area contributed by atoms with Gasteiger partial charge >= 0.3 is 12.2 Å². The lowest BCUT2D eigenvalue weighted by molar-refractivity contribution is 0.0174. The van der Waals surface area contributed by atoms with E-state index < -0.39 is 11.2 Å². The van der Waals surface area contributed by atoms with Crippen LogP contribution in [0, 0.1) is 3.83 Å². The third-order valence-electron chi connectivity index (χ3n) is 9.06. The number of nitrogens with one attached hydrogen (secondary N) is 1. The molecule has 0 aliphatic carbocycles. The summed E-state index contributed by atoms with van der Waals surface area (Å²) in [5.41, 5.74) is 7.85. The molecule has 2 aliphatic heterocycles. The number of amides is 2. The molecule has 324 valence electrons. The van der Waals surface area contributed by atoms with Crippen LogP contribution < -0.4 is 11.1 Å². The summed E-state index contributed by atoms with van der Waals surface area (Å²) in [7, 11) is 0. The number of rotatable bonds is 4. The van der Waals surface area contributed by atoms with E-state index in [1.807, 2.05) is 100.0 Å². The Balaban J connectivity index is 0.000000188. The molecule has 0 unspecified atom stereocenters. The number of nitrogens with zero attached hydrogens (tertiary/aromatic N) is 12. The monoisotopic (exact) mass is 1070 g/mol. The van der Waals surface area contributed by atoms with Gasteiger partial charge in [0.1, 0.15) is 11.2 Å². The van der Waals surface area contributed by atoms with Gasteiger partial charge in [0.2, 0.25) is 9.78 Å². The first-order chi connectivity index (χ1) is 27.9. The van der Waals surface area contributed by atoms with Crippen LogP contribution in [0.15, 0.2) is 70.4 Å². The highest BCUT2D eigenvalue weighted by Gasteiger charge is 2.29. The Morgan fingerprint density at radius 3 is 1.67 bits per heavy atom. The van der Waals surface area contributed by atoms with Crippen molar-refractivity contribution in [2.45, 2.75) is 97.9 Å². The number of hydrogen-bond donors (Lipinski definition) is 2. The van der Waals surface area contributed by atoms with Crippen molar-refractivity contribution in [3.63, 3.8) is 0 Å². The highest BCUT2D eigenvalue weighted by atomic mass is 127. The van der Waals surface area contributed by atoms with Gasteiger partial charge in [-0.05, 0) is 123 Å². The number of nitrogen functional groups attached to an aromatic ring is 1. The van der Waals surface area contributed by atoms with E-state index in [2.05, 4.69) is 90.1 Å². The summed E-state index contributed by atoms with van der Waals surface area (Å²) in [4.78, 5) is 36.4. The zero-order valence-corrected chi connectivity index (χ0v) is 39.1. The summed E-state index contributed by atoms with van der Waals surface area (Å²) < 4.78 is 20.7. The number of nitrogens with two attached hydrogens (primary N) is 1. The normalized spacial score (nSPS) is 15.1. The molecule has 2 aliphatic rings. The van der Waals surface area contributed by atoms with Crippen LogP contribution in [0.3, 0.4) is 0 Å². The van der Waals surface area contributed by atoms with E-state index in [-0.39, 0.29) is 25.7 Å². The van der Waals surface area contributed by atoms with Gasteiger partial charge < -0.3 is 30.3 Å². The van der Waals surface area contributed by atoms with E-state index in [9.17, 15) is 9.59 Å². The average Bonchev–Trinajstić information content (AvgIpc) is 3.99. The van der Waals surface area contributed by atoms with Crippen LogP contribution in [-0.4, -0.2) is 108 Å². The summed E-state index contributed by atoms with van der Waals surface area (Å²) in [6.45, 7) is 14.0. The molecule has 6 aromatic rings. The molecule has 0 aromatic carbocycles. The molecule has 0 saturated carbocycles. The van der Waals surface area contributed by atoms with Gasteiger partial charge in [0.05, 0.1) is 44.8 Å². The van der Waals surface area contributed by atoms with Crippen molar-refractivity contribution in [3.8, 4) is 0 Å². The predicted molar refractivity (Wildman–Crippen MR) is 245 cm³/mol. The van der Waals surface area contributed by atoms with Crippen LogP contribution in [0.25, 0.3) is 11.3 Å². The number of fused-ring (bicyclic) bond motifs is 2. The molecule has 18 nitrogen and oxygen atoms in total. The number of piperidine rings is 2. The lowest BCUT2D eigenvalue weighted by Gasteiger charge is -2.33. The molecule has 2 amide bonds. The Hall–Kier alpha value is -4.51. The third kappa shape index (κ3) is 12.8. The van der Waals surface area contributed by atoms with E-state index in [1.165, 1.54) is 0 Å². The van der Waals surface area contributed by atoms with Crippen LogP contribution in [0.1, 0.15) is 86.7 Å². The van der Waals surface area contributed by atoms with Crippen molar-refractivity contribution < 1.29 is 19.1 Å². The minimum absolute atomic E-state index is 0. The van der Waals surface area contributed by atoms with Gasteiger partial charge in [-0.25, -0.2) is 23.6 Å². The molecule has 0 bridgehead atoms. The molecule has 3 N–H and O–H groups in total. The minimum atomic E-state index is -0.474. The maximum Gasteiger partial charge on any atom is 0.410 e. The van der Waals surface area contributed by atoms with E-state index >= 15 is 0 Å². The van der Waals surface area contributed by atoms with Crippen molar-refractivity contribution in [3.05, 3.63) is 74.2 Å². The van der Waals surface area contributed by atoms with Crippen LogP contribution >= 0.6 is 54.5 Å². The molecule has 0 atom stereocenters. The SMILES string of the molecule is Brc1cccn2nc(I)nc12.C.CC(C)(C)OC(=O)N1CCC(n2cc(N)cn2)CC1.CC(C)(C)OC(=O)N1CCC(n2cc(Nc3nc4c(Br)cccn4n3)cn2)CC1. The maximum absolute atomic E-state index is 12.2. The largest absolute Gasteiger partial charge is 0.444 e. The summed E-state index contributed by atoms with van der Waals surface area (Å²) in [5, 5.41) is 20.5. The number of aromatic nitrogens is 10. The highest BCUT2D eigenvalue weighted by Crippen LogP contribution is 2.27. The van der Waals surface area contributed by atoms with Gasteiger partial charge in [-0.2, -0.15) is 15.2 Å². The van der Waals surface area contributed by atoms with Gasteiger partial charge in [0, 0.05) is 73.6 Å². The maximum atomic E-state index is 12.2. The quantitative estimate of drug-likeness (QED) is 0.160. The van der Waals surface area contributed by atoms with Gasteiger partial charge in [-0.3, -0.25) is 9.36 Å². The zero-order chi connectivity index (χ0) is 42.5. The van der Waals surface area contributed by atoms with E-state index in [0.29, 0.717) is 43.9 Å². The molecule has 8 heterocycles. The summed E-state index contributed by atoms with van der Waals surface area (Å²) >= 11 is 8.95. The summed E-state index contributed by atoms with van der Waals surface area (Å²) in [6, 6.07) is 8.25. The van der Waals surface area contributed by atoms with Gasteiger partial charge in [-0.1, -0.05) is 7.43 Å². The van der Waals surface area contributed by atoms with Gasteiger partial charge in [-0.15, -0.1) is 10.2 Å². The highest BCUT2D eigenvalue weighted by molar-refractivity contribution is 14.1. The fraction of sp³-hybridized carbons (Fsp3) is 0.487. The Morgan fingerprint density at radius 1 is 0.750 bits per heavy atom. The number of hydrogen-bond acceptors (Lipinski definition) is 12. The number of pyridine rings is 2. The van der Waals surface area contributed by atoms with E-state index in [4.69, 9.17) is 15.2 Å². The molecule has 2 saturated heterocycles. The Kier molecular flexibility index (Phi) is 15.4. The van der Waals surface area contributed by atoms with Gasteiger partial charge in [0.25, 0.3) is 0 Å². The van der Waals surface area contributed by atoms with Crippen LogP contribution in [0.2, 0.25) is 0 Å². The first-order valence-electron chi connectivity index (χ1n) is 19.1. The molecule has 2 fully saturated rings. The fourth-order valence-electron chi connectivity index (χ4n) is 6.34. The second-order valence-corrected chi connectivity index (χ2v) is 18.7. The summed E-state index contributed by atoms with van der Waals surface area (Å²) in [5.74, 6) is 0.510. The van der Waals surface area contributed by atoms with Crippen LogP contribution in [-0.2, 0) is 9.47 Å². The average molecular weight is 1070 g/mol. The van der Waals surface area contributed by atoms with Crippen molar-refractivity contribution in [2.75, 3.05) is 37.2 Å². The molecule has 0 radical (unpaired) electrons. The molecular formula is C39H53Br2IN14O4. The number of carbonyl (C=O) groups is 2. The second-order valence-electron chi connectivity index (χ2n) is 16.0.